The molecule has 22 heavy (non-hydrogen) atoms. The largest absolute Gasteiger partial charge is 0.135 e. The number of thiophene rings is 1. The summed E-state index contributed by atoms with van der Waals surface area (Å²) < 4.78 is 1.35. The van der Waals surface area contributed by atoms with Gasteiger partial charge >= 0.3 is 0 Å². The molecule has 0 aliphatic heterocycles. The van der Waals surface area contributed by atoms with Crippen molar-refractivity contribution in [2.45, 2.75) is 0 Å². The summed E-state index contributed by atoms with van der Waals surface area (Å²) in [5, 5.41) is 1.33. The van der Waals surface area contributed by atoms with E-state index in [0.29, 0.717) is 0 Å². The fraction of sp³-hybridized carbons (Fsp3) is 0. The molecule has 4 aromatic rings. The Morgan fingerprint density at radius 2 is 1.41 bits per heavy atom. The molecule has 0 amide bonds. The molecule has 3 aromatic carbocycles. The summed E-state index contributed by atoms with van der Waals surface area (Å²) in [5.41, 5.74) is 6.72. The first-order valence-electron chi connectivity index (χ1n) is 7.46. The van der Waals surface area contributed by atoms with Gasteiger partial charge in [0, 0.05) is 16.0 Å². The number of benzene rings is 3. The van der Waals surface area contributed by atoms with E-state index in [2.05, 4.69) is 79.2 Å². The maximum atomic E-state index is 2.32. The Labute approximate surface area is 133 Å². The quantitative estimate of drug-likeness (QED) is 0.348. The zero-order valence-electron chi connectivity index (χ0n) is 11.9. The lowest BCUT2D eigenvalue weighted by atomic mass is 10.00. The third-order valence-electron chi connectivity index (χ3n) is 4.35. The molecule has 1 aliphatic rings. The van der Waals surface area contributed by atoms with Crippen LogP contribution in [0.4, 0.5) is 0 Å². The average molecular weight is 297 g/mol. The summed E-state index contributed by atoms with van der Waals surface area (Å²) in [7, 11) is 0. The van der Waals surface area contributed by atoms with Crippen molar-refractivity contribution in [2.24, 2.45) is 0 Å². The summed E-state index contributed by atoms with van der Waals surface area (Å²) in [6.45, 7) is 0. The van der Waals surface area contributed by atoms with Gasteiger partial charge in [0.1, 0.15) is 0 Å². The number of hydrogen-bond donors (Lipinski definition) is 0. The molecule has 0 saturated carbocycles. The molecule has 1 heterocycles. The van der Waals surface area contributed by atoms with Gasteiger partial charge in [-0.15, -0.1) is 11.3 Å². The number of fused-ring (bicyclic) bond motifs is 4. The summed E-state index contributed by atoms with van der Waals surface area (Å²) in [6.07, 6.45) is 2.32. The van der Waals surface area contributed by atoms with Crippen LogP contribution in [0, 0.1) is 6.42 Å². The van der Waals surface area contributed by atoms with E-state index >= 15 is 0 Å². The minimum atomic E-state index is 1.33. The molecule has 0 nitrogen and oxygen atoms in total. The molecule has 0 fully saturated rings. The number of rotatable bonds is 1. The Balaban J connectivity index is 1.74. The molecule has 0 N–H and O–H groups in total. The van der Waals surface area contributed by atoms with Crippen molar-refractivity contribution < 1.29 is 0 Å². The molecule has 0 spiro atoms. The van der Waals surface area contributed by atoms with Crippen LogP contribution in [0.2, 0.25) is 0 Å². The Morgan fingerprint density at radius 1 is 0.636 bits per heavy atom. The number of hydrogen-bond acceptors (Lipinski definition) is 1. The van der Waals surface area contributed by atoms with E-state index in [0.717, 1.165) is 0 Å². The van der Waals surface area contributed by atoms with Gasteiger partial charge in [0.05, 0.1) is 0 Å². The van der Waals surface area contributed by atoms with Crippen LogP contribution in [0.15, 0.2) is 72.8 Å². The van der Waals surface area contributed by atoms with Gasteiger partial charge in [-0.1, -0.05) is 60.7 Å². The highest BCUT2D eigenvalue weighted by Gasteiger charge is 2.21. The van der Waals surface area contributed by atoms with E-state index in [-0.39, 0.29) is 0 Å². The molecular weight excluding hydrogens is 284 g/mol. The summed E-state index contributed by atoms with van der Waals surface area (Å²) in [5.74, 6) is 0. The third-order valence-corrected chi connectivity index (χ3v) is 5.50. The Kier molecular flexibility index (Phi) is 2.53. The van der Waals surface area contributed by atoms with Crippen molar-refractivity contribution in [3.05, 3.63) is 90.3 Å². The van der Waals surface area contributed by atoms with Crippen molar-refractivity contribution >= 4 is 21.4 Å². The smallest absolute Gasteiger partial charge is 0.0358 e. The Morgan fingerprint density at radius 3 is 2.36 bits per heavy atom. The van der Waals surface area contributed by atoms with Gasteiger partial charge in [-0.05, 0) is 45.3 Å². The second kappa shape index (κ2) is 4.56. The van der Waals surface area contributed by atoms with E-state index < -0.39 is 0 Å². The monoisotopic (exact) mass is 297 g/mol. The zero-order chi connectivity index (χ0) is 14.5. The van der Waals surface area contributed by atoms with Crippen LogP contribution in [0.3, 0.4) is 0 Å². The fourth-order valence-electron chi connectivity index (χ4n) is 3.31. The van der Waals surface area contributed by atoms with E-state index in [9.17, 15) is 0 Å². The van der Waals surface area contributed by atoms with Gasteiger partial charge < -0.3 is 0 Å². The van der Waals surface area contributed by atoms with Crippen molar-refractivity contribution in [1.29, 1.82) is 0 Å². The first-order valence-corrected chi connectivity index (χ1v) is 8.28. The van der Waals surface area contributed by atoms with E-state index in [1.807, 2.05) is 11.3 Å². The molecule has 1 aromatic heterocycles. The normalized spacial score (nSPS) is 12.4. The SMILES string of the molecule is [CH]1c2ccccc2-c2cccc(-c3cc4ccccc4s3)c21. The van der Waals surface area contributed by atoms with Crippen LogP contribution in [-0.4, -0.2) is 0 Å². The van der Waals surface area contributed by atoms with Crippen LogP contribution in [-0.2, 0) is 0 Å². The molecule has 0 atom stereocenters. The highest BCUT2D eigenvalue weighted by atomic mass is 32.1. The Bertz CT molecular complexity index is 974. The van der Waals surface area contributed by atoms with Crippen molar-refractivity contribution in [1.82, 2.24) is 0 Å². The molecular formula is C21H13S. The molecule has 0 saturated heterocycles. The van der Waals surface area contributed by atoms with Crippen molar-refractivity contribution in [2.75, 3.05) is 0 Å². The van der Waals surface area contributed by atoms with Gasteiger partial charge in [0.15, 0.2) is 0 Å². The van der Waals surface area contributed by atoms with E-state index in [1.165, 1.54) is 42.8 Å². The topological polar surface area (TPSA) is 0 Å². The summed E-state index contributed by atoms with van der Waals surface area (Å²) >= 11 is 1.88. The lowest BCUT2D eigenvalue weighted by Gasteiger charge is -2.06. The minimum absolute atomic E-state index is 1.33. The van der Waals surface area contributed by atoms with Gasteiger partial charge in [0.25, 0.3) is 0 Å². The maximum absolute atomic E-state index is 2.32. The van der Waals surface area contributed by atoms with Gasteiger partial charge in [0.2, 0.25) is 0 Å². The lowest BCUT2D eigenvalue weighted by Crippen LogP contribution is -1.83. The van der Waals surface area contributed by atoms with Crippen LogP contribution < -0.4 is 0 Å². The van der Waals surface area contributed by atoms with Crippen LogP contribution in [0.5, 0.6) is 0 Å². The lowest BCUT2D eigenvalue weighted by molar-refractivity contribution is 1.54. The molecule has 5 rings (SSSR count). The summed E-state index contributed by atoms with van der Waals surface area (Å²) in [6, 6.07) is 26.2. The average Bonchev–Trinajstić information content (AvgIpc) is 3.15. The molecule has 103 valence electrons. The third kappa shape index (κ3) is 1.69. The van der Waals surface area contributed by atoms with Gasteiger partial charge in [-0.3, -0.25) is 0 Å². The van der Waals surface area contributed by atoms with Crippen LogP contribution >= 0.6 is 11.3 Å². The zero-order valence-corrected chi connectivity index (χ0v) is 12.7. The first kappa shape index (κ1) is 12.2. The van der Waals surface area contributed by atoms with Crippen molar-refractivity contribution in [3.63, 3.8) is 0 Å². The van der Waals surface area contributed by atoms with Crippen LogP contribution in [0.1, 0.15) is 11.1 Å². The minimum Gasteiger partial charge on any atom is -0.135 e. The highest BCUT2D eigenvalue weighted by Crippen LogP contribution is 2.44. The molecule has 0 bridgehead atoms. The van der Waals surface area contributed by atoms with Gasteiger partial charge in [-0.25, -0.2) is 0 Å². The highest BCUT2D eigenvalue weighted by molar-refractivity contribution is 7.22. The molecule has 0 unspecified atom stereocenters. The molecule has 1 heteroatoms. The van der Waals surface area contributed by atoms with Crippen LogP contribution in [0.25, 0.3) is 31.7 Å². The maximum Gasteiger partial charge on any atom is 0.0358 e. The second-order valence-corrected chi connectivity index (χ2v) is 6.73. The molecule has 1 radical (unpaired) electrons. The first-order chi connectivity index (χ1) is 10.9. The predicted molar refractivity (Wildman–Crippen MR) is 95.2 cm³/mol. The van der Waals surface area contributed by atoms with E-state index in [4.69, 9.17) is 0 Å². The fourth-order valence-corrected chi connectivity index (χ4v) is 4.41. The summed E-state index contributed by atoms with van der Waals surface area (Å²) in [4.78, 5) is 1.35. The van der Waals surface area contributed by atoms with Crippen molar-refractivity contribution in [3.8, 4) is 21.6 Å². The second-order valence-electron chi connectivity index (χ2n) is 5.65. The Hall–Kier alpha value is -2.38. The van der Waals surface area contributed by atoms with Gasteiger partial charge in [-0.2, -0.15) is 0 Å². The van der Waals surface area contributed by atoms with E-state index in [1.54, 1.807) is 0 Å². The standard InChI is InChI=1S/C21H13S/c1-3-8-16-14(6-1)12-19-17(16)9-5-10-18(19)21-13-15-7-2-4-11-20(15)22-21/h1-13H. The predicted octanol–water partition coefficient (Wildman–Crippen LogP) is 6.15. The molecule has 1 aliphatic carbocycles.